The fraction of sp³-hybridized carbons (Fsp3) is 0.684. The molecule has 4 heteroatoms. The van der Waals surface area contributed by atoms with E-state index >= 15 is 0 Å². The van der Waals surface area contributed by atoms with Crippen LogP contribution in [0.3, 0.4) is 0 Å². The number of benzene rings is 1. The Morgan fingerprint density at radius 2 is 1.52 bits per heavy atom. The fourth-order valence-electron chi connectivity index (χ4n) is 2.70. The van der Waals surface area contributed by atoms with E-state index in [1.54, 1.807) is 0 Å². The molecule has 132 valence electrons. The summed E-state index contributed by atoms with van der Waals surface area (Å²) in [6, 6.07) is 4.37. The van der Waals surface area contributed by atoms with Gasteiger partial charge in [-0.05, 0) is 58.1 Å². The van der Waals surface area contributed by atoms with Crippen molar-refractivity contribution in [3.63, 3.8) is 0 Å². The van der Waals surface area contributed by atoms with Crippen LogP contribution in [0.4, 0.5) is 0 Å². The number of hydrogen-bond acceptors (Lipinski definition) is 4. The largest absolute Gasteiger partial charge is 0.490 e. The highest BCUT2D eigenvalue weighted by Crippen LogP contribution is 2.41. The fourth-order valence-corrected chi connectivity index (χ4v) is 2.70. The first kappa shape index (κ1) is 19.6. The van der Waals surface area contributed by atoms with Crippen LogP contribution in [-0.4, -0.2) is 25.9 Å². The molecule has 0 spiro atoms. The molecule has 0 saturated heterocycles. The van der Waals surface area contributed by atoms with Crippen molar-refractivity contribution in [2.75, 3.05) is 19.8 Å². The summed E-state index contributed by atoms with van der Waals surface area (Å²) in [6.45, 7) is 9.92. The van der Waals surface area contributed by atoms with Crippen molar-refractivity contribution < 1.29 is 14.2 Å². The van der Waals surface area contributed by atoms with Gasteiger partial charge in [0.1, 0.15) is 0 Å². The zero-order valence-electron chi connectivity index (χ0n) is 15.2. The van der Waals surface area contributed by atoms with Gasteiger partial charge in [0.2, 0.25) is 5.75 Å². The van der Waals surface area contributed by atoms with Gasteiger partial charge in [0.15, 0.2) is 11.5 Å². The summed E-state index contributed by atoms with van der Waals surface area (Å²) in [6.07, 6.45) is 5.27. The SMILES string of the molecule is CCCC(N)CCCc1ccc(OCC)c(OCC)c1OCC. The molecule has 1 atom stereocenters. The molecular formula is C19H33NO3. The Morgan fingerprint density at radius 3 is 2.13 bits per heavy atom. The number of rotatable bonds is 12. The predicted octanol–water partition coefficient (Wildman–Crippen LogP) is 4.33. The lowest BCUT2D eigenvalue weighted by Crippen LogP contribution is -2.19. The second kappa shape index (κ2) is 11.2. The van der Waals surface area contributed by atoms with Crippen molar-refractivity contribution in [3.8, 4) is 17.2 Å². The molecule has 0 amide bonds. The van der Waals surface area contributed by atoms with Crippen molar-refractivity contribution in [3.05, 3.63) is 17.7 Å². The molecular weight excluding hydrogens is 290 g/mol. The number of aryl methyl sites for hydroxylation is 1. The van der Waals surface area contributed by atoms with Crippen LogP contribution >= 0.6 is 0 Å². The van der Waals surface area contributed by atoms with Gasteiger partial charge in [0.05, 0.1) is 19.8 Å². The summed E-state index contributed by atoms with van der Waals surface area (Å²) < 4.78 is 17.4. The van der Waals surface area contributed by atoms with Gasteiger partial charge < -0.3 is 19.9 Å². The molecule has 0 radical (unpaired) electrons. The van der Waals surface area contributed by atoms with Gasteiger partial charge in [0.25, 0.3) is 0 Å². The highest BCUT2D eigenvalue weighted by Gasteiger charge is 2.17. The lowest BCUT2D eigenvalue weighted by Gasteiger charge is -2.19. The standard InChI is InChI=1S/C19H33NO3/c1-5-10-16(20)12-9-11-15-13-14-17(21-6-2)19(23-8-4)18(15)22-7-3/h13-14,16H,5-12,20H2,1-4H3. The Labute approximate surface area is 141 Å². The third kappa shape index (κ3) is 6.30. The summed E-state index contributed by atoms with van der Waals surface area (Å²) in [4.78, 5) is 0. The molecule has 0 aliphatic carbocycles. The first-order valence-electron chi connectivity index (χ1n) is 8.97. The third-order valence-corrected chi connectivity index (χ3v) is 3.72. The molecule has 1 rings (SSSR count). The predicted molar refractivity (Wildman–Crippen MR) is 95.8 cm³/mol. The van der Waals surface area contributed by atoms with Gasteiger partial charge >= 0.3 is 0 Å². The van der Waals surface area contributed by atoms with Crippen molar-refractivity contribution in [2.24, 2.45) is 5.73 Å². The molecule has 0 aromatic heterocycles. The average molecular weight is 323 g/mol. The van der Waals surface area contributed by atoms with Gasteiger partial charge in [-0.1, -0.05) is 19.4 Å². The van der Waals surface area contributed by atoms with Crippen molar-refractivity contribution in [1.82, 2.24) is 0 Å². The molecule has 1 aromatic rings. The quantitative estimate of drug-likeness (QED) is 0.622. The molecule has 0 aliphatic rings. The Bertz CT molecular complexity index is 448. The van der Waals surface area contributed by atoms with Crippen molar-refractivity contribution in [1.29, 1.82) is 0 Å². The maximum absolute atomic E-state index is 6.11. The maximum Gasteiger partial charge on any atom is 0.203 e. The van der Waals surface area contributed by atoms with Gasteiger partial charge in [0, 0.05) is 6.04 Å². The number of hydrogen-bond donors (Lipinski definition) is 1. The van der Waals surface area contributed by atoms with Gasteiger partial charge in [-0.2, -0.15) is 0 Å². The third-order valence-electron chi connectivity index (χ3n) is 3.72. The monoisotopic (exact) mass is 323 g/mol. The smallest absolute Gasteiger partial charge is 0.203 e. The van der Waals surface area contributed by atoms with E-state index in [2.05, 4.69) is 13.0 Å². The van der Waals surface area contributed by atoms with Crippen LogP contribution in [0, 0.1) is 0 Å². The van der Waals surface area contributed by atoms with Crippen molar-refractivity contribution >= 4 is 0 Å². The summed E-state index contributed by atoms with van der Waals surface area (Å²) in [5, 5.41) is 0. The van der Waals surface area contributed by atoms with Crippen LogP contribution in [0.15, 0.2) is 12.1 Å². The topological polar surface area (TPSA) is 53.7 Å². The van der Waals surface area contributed by atoms with Gasteiger partial charge in [-0.25, -0.2) is 0 Å². The Kier molecular flexibility index (Phi) is 9.53. The number of ether oxygens (including phenoxy) is 3. The van der Waals surface area contributed by atoms with E-state index < -0.39 is 0 Å². The zero-order valence-corrected chi connectivity index (χ0v) is 15.2. The Balaban J connectivity index is 2.90. The van der Waals surface area contributed by atoms with E-state index in [0.29, 0.717) is 25.9 Å². The van der Waals surface area contributed by atoms with Crippen LogP contribution < -0.4 is 19.9 Å². The van der Waals surface area contributed by atoms with Gasteiger partial charge in [-0.3, -0.25) is 0 Å². The first-order valence-corrected chi connectivity index (χ1v) is 8.97. The van der Waals surface area contributed by atoms with E-state index in [9.17, 15) is 0 Å². The minimum absolute atomic E-state index is 0.296. The Morgan fingerprint density at radius 1 is 0.870 bits per heavy atom. The molecule has 23 heavy (non-hydrogen) atoms. The molecule has 0 saturated carbocycles. The highest BCUT2D eigenvalue weighted by molar-refractivity contribution is 5.56. The molecule has 4 nitrogen and oxygen atoms in total. The van der Waals surface area contributed by atoms with E-state index in [1.165, 1.54) is 5.56 Å². The molecule has 0 heterocycles. The zero-order chi connectivity index (χ0) is 17.1. The van der Waals surface area contributed by atoms with Crippen LogP contribution in [0.5, 0.6) is 17.2 Å². The second-order valence-corrected chi connectivity index (χ2v) is 5.62. The minimum atomic E-state index is 0.296. The molecule has 1 aromatic carbocycles. The van der Waals surface area contributed by atoms with Crippen molar-refractivity contribution in [2.45, 2.75) is 65.8 Å². The molecule has 2 N–H and O–H groups in total. The van der Waals surface area contributed by atoms with Crippen LogP contribution in [0.1, 0.15) is 58.9 Å². The minimum Gasteiger partial charge on any atom is -0.490 e. The molecule has 0 bridgehead atoms. The van der Waals surface area contributed by atoms with Crippen LogP contribution in [0.25, 0.3) is 0 Å². The summed E-state index contributed by atoms with van der Waals surface area (Å²) in [7, 11) is 0. The van der Waals surface area contributed by atoms with E-state index in [0.717, 1.165) is 49.4 Å². The van der Waals surface area contributed by atoms with E-state index in [-0.39, 0.29) is 0 Å². The lowest BCUT2D eigenvalue weighted by atomic mass is 10.0. The van der Waals surface area contributed by atoms with Gasteiger partial charge in [-0.15, -0.1) is 0 Å². The first-order chi connectivity index (χ1) is 11.2. The summed E-state index contributed by atoms with van der Waals surface area (Å²) >= 11 is 0. The normalized spacial score (nSPS) is 12.0. The molecule has 0 aliphatic heterocycles. The molecule has 0 fully saturated rings. The maximum atomic E-state index is 6.11. The van der Waals surface area contributed by atoms with E-state index in [4.69, 9.17) is 19.9 Å². The van der Waals surface area contributed by atoms with Crippen LogP contribution in [-0.2, 0) is 6.42 Å². The second-order valence-electron chi connectivity index (χ2n) is 5.62. The summed E-state index contributed by atoms with van der Waals surface area (Å²) in [5.74, 6) is 2.31. The summed E-state index contributed by atoms with van der Waals surface area (Å²) in [5.41, 5.74) is 7.28. The van der Waals surface area contributed by atoms with E-state index in [1.807, 2.05) is 26.8 Å². The lowest BCUT2D eigenvalue weighted by molar-refractivity contribution is 0.259. The highest BCUT2D eigenvalue weighted by atomic mass is 16.5. The van der Waals surface area contributed by atoms with Crippen LogP contribution in [0.2, 0.25) is 0 Å². The molecule has 1 unspecified atom stereocenters. The Hall–Kier alpha value is -1.42. The number of nitrogens with two attached hydrogens (primary N) is 1. The average Bonchev–Trinajstić information content (AvgIpc) is 2.53.